The third-order valence-corrected chi connectivity index (χ3v) is 7.35. The van der Waals surface area contributed by atoms with Crippen molar-refractivity contribution in [1.29, 1.82) is 0 Å². The Labute approximate surface area is 159 Å². The lowest BCUT2D eigenvalue weighted by Gasteiger charge is -2.26. The van der Waals surface area contributed by atoms with E-state index in [2.05, 4.69) is 5.32 Å². The highest BCUT2D eigenvalue weighted by Gasteiger charge is 2.60. The van der Waals surface area contributed by atoms with E-state index in [1.54, 1.807) is 12.1 Å². The van der Waals surface area contributed by atoms with E-state index >= 15 is 0 Å². The molecule has 1 saturated carbocycles. The molecule has 2 aliphatic rings. The molecule has 1 fully saturated rings. The number of nitrogens with zero attached hydrogens (tertiary/aromatic N) is 1. The second-order valence-corrected chi connectivity index (χ2v) is 9.46. The Bertz CT molecular complexity index is 985. The smallest absolute Gasteiger partial charge is 0.242 e. The number of amides is 1. The summed E-state index contributed by atoms with van der Waals surface area (Å²) in [5.74, 6) is 0.750. The van der Waals surface area contributed by atoms with E-state index in [1.165, 1.54) is 26.2 Å². The second kappa shape index (κ2) is 6.35. The zero-order chi connectivity index (χ0) is 19.2. The van der Waals surface area contributed by atoms with Crippen molar-refractivity contribution in [2.24, 2.45) is 5.92 Å². The molecule has 0 bridgehead atoms. The molecule has 0 saturated heterocycles. The van der Waals surface area contributed by atoms with Gasteiger partial charge in [0.05, 0.1) is 11.5 Å². The van der Waals surface area contributed by atoms with Crippen LogP contribution in [-0.2, 0) is 20.2 Å². The topological polar surface area (TPSA) is 75.7 Å². The Morgan fingerprint density at radius 2 is 1.85 bits per heavy atom. The van der Waals surface area contributed by atoms with Crippen LogP contribution in [0.25, 0.3) is 0 Å². The van der Waals surface area contributed by atoms with Crippen molar-refractivity contribution in [2.75, 3.05) is 26.0 Å². The van der Waals surface area contributed by atoms with Crippen molar-refractivity contribution in [3.8, 4) is 5.75 Å². The van der Waals surface area contributed by atoms with Crippen LogP contribution in [0.2, 0.25) is 0 Å². The zero-order valence-corrected chi connectivity index (χ0v) is 16.1. The molecule has 1 N–H and O–H groups in total. The summed E-state index contributed by atoms with van der Waals surface area (Å²) in [6, 6.07) is 14.2. The molecule has 4 rings (SSSR count). The summed E-state index contributed by atoms with van der Waals surface area (Å²) < 4.78 is 31.1. The van der Waals surface area contributed by atoms with Crippen molar-refractivity contribution in [1.82, 2.24) is 4.31 Å². The largest absolute Gasteiger partial charge is 0.493 e. The van der Waals surface area contributed by atoms with Gasteiger partial charge in [-0.15, -0.1) is 0 Å². The first-order chi connectivity index (χ1) is 12.8. The fourth-order valence-corrected chi connectivity index (χ4v) is 4.76. The Hall–Kier alpha value is -2.38. The van der Waals surface area contributed by atoms with Gasteiger partial charge in [-0.1, -0.05) is 18.2 Å². The average molecular weight is 386 g/mol. The number of para-hydroxylation sites is 1. The lowest BCUT2D eigenvalue weighted by Crippen LogP contribution is -2.26. The minimum atomic E-state index is -3.48. The van der Waals surface area contributed by atoms with Gasteiger partial charge < -0.3 is 10.1 Å². The fraction of sp³-hybridized carbons (Fsp3) is 0.350. The molecular weight excluding hydrogens is 364 g/mol. The summed E-state index contributed by atoms with van der Waals surface area (Å²) in [6.45, 7) is 0.623. The monoisotopic (exact) mass is 386 g/mol. The van der Waals surface area contributed by atoms with Crippen molar-refractivity contribution in [3.05, 3.63) is 54.1 Å². The van der Waals surface area contributed by atoms with Crippen LogP contribution < -0.4 is 10.1 Å². The fourth-order valence-electron chi connectivity index (χ4n) is 3.85. The van der Waals surface area contributed by atoms with Gasteiger partial charge in [-0.05, 0) is 43.2 Å². The number of carbonyl (C=O) groups excluding carboxylic acids is 1. The number of anilines is 1. The molecule has 0 unspecified atom stereocenters. The normalized spacial score (nSPS) is 23.6. The van der Waals surface area contributed by atoms with Crippen molar-refractivity contribution >= 4 is 21.6 Å². The molecule has 1 amide bonds. The maximum Gasteiger partial charge on any atom is 0.242 e. The highest BCUT2D eigenvalue weighted by Crippen LogP contribution is 2.60. The summed E-state index contributed by atoms with van der Waals surface area (Å²) in [5, 5.41) is 2.93. The van der Waals surface area contributed by atoms with Crippen LogP contribution in [0.4, 0.5) is 5.69 Å². The van der Waals surface area contributed by atoms with Crippen LogP contribution in [-0.4, -0.2) is 39.3 Å². The maximum absolute atomic E-state index is 12.8. The van der Waals surface area contributed by atoms with Gasteiger partial charge in [0.15, 0.2) is 0 Å². The number of fused-ring (bicyclic) bond motifs is 2. The van der Waals surface area contributed by atoms with Crippen LogP contribution in [0.15, 0.2) is 53.4 Å². The first-order valence-corrected chi connectivity index (χ1v) is 10.3. The third kappa shape index (κ3) is 3.00. The van der Waals surface area contributed by atoms with Crippen LogP contribution in [0, 0.1) is 5.92 Å². The van der Waals surface area contributed by atoms with Crippen LogP contribution >= 0.6 is 0 Å². The van der Waals surface area contributed by atoms with Gasteiger partial charge in [0.25, 0.3) is 0 Å². The summed E-state index contributed by atoms with van der Waals surface area (Å²) in [7, 11) is -0.496. The Balaban J connectivity index is 1.49. The molecule has 6 nitrogen and oxygen atoms in total. The van der Waals surface area contributed by atoms with Gasteiger partial charge in [0.1, 0.15) is 5.75 Å². The lowest BCUT2D eigenvalue weighted by molar-refractivity contribution is -0.117. The van der Waals surface area contributed by atoms with E-state index in [1.807, 2.05) is 24.3 Å². The molecule has 2 aromatic carbocycles. The maximum atomic E-state index is 12.8. The van der Waals surface area contributed by atoms with Crippen LogP contribution in [0.5, 0.6) is 5.75 Å². The van der Waals surface area contributed by atoms with Crippen molar-refractivity contribution in [2.45, 2.75) is 23.2 Å². The number of hydrogen-bond donors (Lipinski definition) is 1. The number of carbonyl (C=O) groups is 1. The zero-order valence-electron chi connectivity index (χ0n) is 15.3. The molecule has 2 atom stereocenters. The lowest BCUT2D eigenvalue weighted by atomic mass is 9.87. The summed E-state index contributed by atoms with van der Waals surface area (Å²) >= 11 is 0. The summed E-state index contributed by atoms with van der Waals surface area (Å²) in [5.41, 5.74) is 1.58. The van der Waals surface area contributed by atoms with E-state index in [9.17, 15) is 13.2 Å². The van der Waals surface area contributed by atoms with Gasteiger partial charge in [-0.25, -0.2) is 12.7 Å². The molecule has 0 radical (unpaired) electrons. The van der Waals surface area contributed by atoms with Crippen LogP contribution in [0.1, 0.15) is 18.4 Å². The molecule has 27 heavy (non-hydrogen) atoms. The number of nitrogens with one attached hydrogen (secondary N) is 1. The number of rotatable bonds is 4. The van der Waals surface area contributed by atoms with E-state index in [0.29, 0.717) is 12.3 Å². The van der Waals surface area contributed by atoms with Crippen LogP contribution in [0.3, 0.4) is 0 Å². The molecule has 1 aliphatic carbocycles. The molecule has 1 aliphatic heterocycles. The van der Waals surface area contributed by atoms with E-state index in [0.717, 1.165) is 28.5 Å². The first-order valence-electron chi connectivity index (χ1n) is 8.90. The minimum absolute atomic E-state index is 0.0325. The predicted octanol–water partition coefficient (Wildman–Crippen LogP) is 2.62. The molecule has 7 heteroatoms. The highest BCUT2D eigenvalue weighted by atomic mass is 32.2. The number of hydrogen-bond acceptors (Lipinski definition) is 4. The summed E-state index contributed by atoms with van der Waals surface area (Å²) in [6.07, 6.45) is 1.65. The molecule has 0 aromatic heterocycles. The van der Waals surface area contributed by atoms with E-state index < -0.39 is 10.0 Å². The number of sulfonamides is 1. The quantitative estimate of drug-likeness (QED) is 0.876. The van der Waals surface area contributed by atoms with Gasteiger partial charge in [0.2, 0.25) is 15.9 Å². The van der Waals surface area contributed by atoms with Crippen molar-refractivity contribution < 1.29 is 17.9 Å². The van der Waals surface area contributed by atoms with Crippen molar-refractivity contribution in [3.63, 3.8) is 0 Å². The molecule has 2 aromatic rings. The predicted molar refractivity (Wildman–Crippen MR) is 102 cm³/mol. The Kier molecular flexibility index (Phi) is 4.24. The SMILES string of the molecule is CN(C)S(=O)(=O)c1ccc(NC(=O)[C@@H]2C[C@]23CCOc2ccccc23)cc1. The molecule has 1 heterocycles. The van der Waals surface area contributed by atoms with Gasteiger partial charge in [-0.2, -0.15) is 0 Å². The molecule has 142 valence electrons. The third-order valence-electron chi connectivity index (χ3n) is 5.52. The highest BCUT2D eigenvalue weighted by molar-refractivity contribution is 7.89. The van der Waals surface area contributed by atoms with E-state index in [4.69, 9.17) is 4.74 Å². The van der Waals surface area contributed by atoms with Gasteiger partial charge >= 0.3 is 0 Å². The molecule has 1 spiro atoms. The Morgan fingerprint density at radius 3 is 2.56 bits per heavy atom. The number of benzene rings is 2. The number of ether oxygens (including phenoxy) is 1. The minimum Gasteiger partial charge on any atom is -0.493 e. The standard InChI is InChI=1S/C20H22N2O4S/c1-22(2)27(24,25)15-9-7-14(8-10-15)21-19(23)17-13-20(17)11-12-26-18-6-4-3-5-16(18)20/h3-10,17H,11-13H2,1-2H3,(H,21,23)/t17-,20-/m0/s1. The first kappa shape index (κ1) is 18.0. The summed E-state index contributed by atoms with van der Waals surface area (Å²) in [4.78, 5) is 13.0. The second-order valence-electron chi connectivity index (χ2n) is 7.31. The Morgan fingerprint density at radius 1 is 1.15 bits per heavy atom. The molecular formula is C20H22N2O4S. The van der Waals surface area contributed by atoms with E-state index in [-0.39, 0.29) is 22.1 Å². The van der Waals surface area contributed by atoms with Gasteiger partial charge in [0, 0.05) is 36.7 Å². The van der Waals surface area contributed by atoms with Gasteiger partial charge in [-0.3, -0.25) is 4.79 Å². The average Bonchev–Trinajstić information content (AvgIpc) is 3.37.